The number of ether oxygens (including phenoxy) is 1. The maximum absolute atomic E-state index is 12.3. The minimum Gasteiger partial charge on any atom is -0.497 e. The molecule has 0 spiro atoms. The zero-order chi connectivity index (χ0) is 16.2. The molecule has 1 aromatic carbocycles. The average molecular weight is 329 g/mol. The van der Waals surface area contributed by atoms with E-state index < -0.39 is 20.6 Å². The summed E-state index contributed by atoms with van der Waals surface area (Å²) in [7, 11) is -2.57. The van der Waals surface area contributed by atoms with Crippen molar-refractivity contribution in [2.45, 2.75) is 17.7 Å². The van der Waals surface area contributed by atoms with Crippen LogP contribution in [0.1, 0.15) is 12.8 Å². The molecule has 1 atom stereocenters. The van der Waals surface area contributed by atoms with Crippen LogP contribution in [-0.2, 0) is 10.0 Å². The lowest BCUT2D eigenvalue weighted by atomic mass is 10.0. The first-order chi connectivity index (χ1) is 10.4. The fourth-order valence-electron chi connectivity index (χ4n) is 2.40. The van der Waals surface area contributed by atoms with E-state index in [9.17, 15) is 18.5 Å². The van der Waals surface area contributed by atoms with Gasteiger partial charge in [0.2, 0.25) is 10.0 Å². The third-order valence-corrected chi connectivity index (χ3v) is 5.08. The summed E-state index contributed by atoms with van der Waals surface area (Å²) in [6, 6.07) is 3.69. The molecule has 2 rings (SSSR count). The van der Waals surface area contributed by atoms with Crippen molar-refractivity contribution in [1.29, 1.82) is 0 Å². The molecule has 8 nitrogen and oxygen atoms in total. The zero-order valence-corrected chi connectivity index (χ0v) is 13.1. The number of nitro groups is 1. The Balaban J connectivity index is 2.19. The number of sulfonamides is 1. The van der Waals surface area contributed by atoms with Crippen molar-refractivity contribution in [2.24, 2.45) is 5.92 Å². The molecular weight excluding hydrogens is 310 g/mol. The summed E-state index contributed by atoms with van der Waals surface area (Å²) in [5.41, 5.74) is -0.492. The summed E-state index contributed by atoms with van der Waals surface area (Å²) >= 11 is 0. The molecule has 1 saturated heterocycles. The molecule has 2 N–H and O–H groups in total. The number of methoxy groups -OCH3 is 1. The number of nitro benzene ring substituents is 1. The van der Waals surface area contributed by atoms with Crippen molar-refractivity contribution in [3.05, 3.63) is 28.3 Å². The highest BCUT2D eigenvalue weighted by Crippen LogP contribution is 2.28. The van der Waals surface area contributed by atoms with Crippen LogP contribution in [0.4, 0.5) is 5.69 Å². The first kappa shape index (κ1) is 16.7. The molecule has 1 aliphatic heterocycles. The summed E-state index contributed by atoms with van der Waals surface area (Å²) in [4.78, 5) is 10.0. The van der Waals surface area contributed by atoms with Gasteiger partial charge < -0.3 is 10.1 Å². The highest BCUT2D eigenvalue weighted by atomic mass is 32.2. The lowest BCUT2D eigenvalue weighted by molar-refractivity contribution is -0.387. The van der Waals surface area contributed by atoms with Gasteiger partial charge in [0.05, 0.1) is 18.1 Å². The number of nitrogens with one attached hydrogen (secondary N) is 2. The van der Waals surface area contributed by atoms with E-state index in [1.54, 1.807) is 0 Å². The minimum absolute atomic E-state index is 0.195. The van der Waals surface area contributed by atoms with E-state index in [1.807, 2.05) is 0 Å². The molecule has 1 unspecified atom stereocenters. The van der Waals surface area contributed by atoms with Crippen molar-refractivity contribution >= 4 is 15.7 Å². The van der Waals surface area contributed by atoms with Crippen LogP contribution in [0.25, 0.3) is 0 Å². The third kappa shape index (κ3) is 3.93. The van der Waals surface area contributed by atoms with Crippen molar-refractivity contribution in [3.63, 3.8) is 0 Å². The molecule has 0 saturated carbocycles. The Morgan fingerprint density at radius 2 is 2.27 bits per heavy atom. The predicted molar refractivity (Wildman–Crippen MR) is 80.4 cm³/mol. The van der Waals surface area contributed by atoms with Gasteiger partial charge >= 0.3 is 0 Å². The second-order valence-electron chi connectivity index (χ2n) is 5.16. The van der Waals surface area contributed by atoms with Gasteiger partial charge in [-0.2, -0.15) is 0 Å². The minimum atomic E-state index is -3.94. The molecule has 122 valence electrons. The molecule has 22 heavy (non-hydrogen) atoms. The first-order valence-electron chi connectivity index (χ1n) is 6.97. The normalized spacial score (nSPS) is 18.9. The van der Waals surface area contributed by atoms with Gasteiger partial charge in [-0.25, -0.2) is 13.1 Å². The maximum Gasteiger partial charge on any atom is 0.293 e. The molecule has 9 heteroatoms. The van der Waals surface area contributed by atoms with Crippen LogP contribution in [0, 0.1) is 16.0 Å². The Bertz CT molecular complexity index is 641. The summed E-state index contributed by atoms with van der Waals surface area (Å²) in [6.45, 7) is 1.94. The zero-order valence-electron chi connectivity index (χ0n) is 12.2. The number of nitrogens with zero attached hydrogens (tertiary/aromatic N) is 1. The smallest absolute Gasteiger partial charge is 0.293 e. The lowest BCUT2D eigenvalue weighted by Gasteiger charge is -2.22. The SMILES string of the molecule is COc1ccc(S(=O)(=O)NCC2CCCNC2)c([N+](=O)[O-])c1. The van der Waals surface area contributed by atoms with Gasteiger partial charge in [-0.1, -0.05) is 0 Å². The second-order valence-corrected chi connectivity index (χ2v) is 6.89. The van der Waals surface area contributed by atoms with Crippen LogP contribution >= 0.6 is 0 Å². The fourth-order valence-corrected chi connectivity index (χ4v) is 3.66. The Morgan fingerprint density at radius 3 is 2.86 bits per heavy atom. The summed E-state index contributed by atoms with van der Waals surface area (Å²) < 4.78 is 32.0. The summed E-state index contributed by atoms with van der Waals surface area (Å²) in [5.74, 6) is 0.433. The number of rotatable bonds is 6. The van der Waals surface area contributed by atoms with E-state index in [0.717, 1.165) is 32.0 Å². The van der Waals surface area contributed by atoms with Crippen LogP contribution in [-0.4, -0.2) is 40.1 Å². The van der Waals surface area contributed by atoms with Gasteiger partial charge in [0.15, 0.2) is 4.90 Å². The quantitative estimate of drug-likeness (QED) is 0.592. The molecule has 1 fully saturated rings. The lowest BCUT2D eigenvalue weighted by Crippen LogP contribution is -2.38. The van der Waals surface area contributed by atoms with Crippen LogP contribution in [0.2, 0.25) is 0 Å². The van der Waals surface area contributed by atoms with Crippen LogP contribution < -0.4 is 14.8 Å². The van der Waals surface area contributed by atoms with E-state index in [0.29, 0.717) is 0 Å². The predicted octanol–water partition coefficient (Wildman–Crippen LogP) is 0.881. The second kappa shape index (κ2) is 7.03. The van der Waals surface area contributed by atoms with Gasteiger partial charge in [-0.3, -0.25) is 10.1 Å². The summed E-state index contributed by atoms with van der Waals surface area (Å²) in [6.07, 6.45) is 1.93. The molecule has 1 heterocycles. The standard InChI is InChI=1S/C13H19N3O5S/c1-21-11-4-5-13(12(7-11)16(17)18)22(19,20)15-9-10-3-2-6-14-8-10/h4-5,7,10,14-15H,2-3,6,8-9H2,1H3. The Kier molecular flexibility index (Phi) is 5.33. The number of piperidine rings is 1. The van der Waals surface area contributed by atoms with Crippen LogP contribution in [0.5, 0.6) is 5.75 Å². The van der Waals surface area contributed by atoms with Gasteiger partial charge in [-0.15, -0.1) is 0 Å². The van der Waals surface area contributed by atoms with Crippen molar-refractivity contribution in [2.75, 3.05) is 26.7 Å². The Hall–Kier alpha value is -1.71. The third-order valence-electron chi connectivity index (χ3n) is 3.61. The molecule has 0 aromatic heterocycles. The van der Waals surface area contributed by atoms with E-state index in [2.05, 4.69) is 10.0 Å². The van der Waals surface area contributed by atoms with E-state index in [-0.39, 0.29) is 23.1 Å². The molecule has 1 aromatic rings. The topological polar surface area (TPSA) is 111 Å². The van der Waals surface area contributed by atoms with Crippen molar-refractivity contribution in [1.82, 2.24) is 10.0 Å². The van der Waals surface area contributed by atoms with Crippen LogP contribution in [0.3, 0.4) is 0 Å². The largest absolute Gasteiger partial charge is 0.497 e. The number of benzene rings is 1. The number of hydrogen-bond acceptors (Lipinski definition) is 6. The highest BCUT2D eigenvalue weighted by molar-refractivity contribution is 7.89. The van der Waals surface area contributed by atoms with Crippen molar-refractivity contribution in [3.8, 4) is 5.75 Å². The first-order valence-corrected chi connectivity index (χ1v) is 8.45. The van der Waals surface area contributed by atoms with Gasteiger partial charge in [-0.05, 0) is 44.0 Å². The van der Waals surface area contributed by atoms with E-state index in [1.165, 1.54) is 19.2 Å². The monoisotopic (exact) mass is 329 g/mol. The molecule has 0 bridgehead atoms. The Morgan fingerprint density at radius 1 is 1.50 bits per heavy atom. The highest BCUT2D eigenvalue weighted by Gasteiger charge is 2.27. The fraction of sp³-hybridized carbons (Fsp3) is 0.538. The molecule has 0 amide bonds. The molecule has 0 aliphatic carbocycles. The van der Waals surface area contributed by atoms with Crippen LogP contribution in [0.15, 0.2) is 23.1 Å². The molecule has 1 aliphatic rings. The maximum atomic E-state index is 12.3. The van der Waals surface area contributed by atoms with E-state index >= 15 is 0 Å². The van der Waals surface area contributed by atoms with Gasteiger partial charge in [0.25, 0.3) is 5.69 Å². The Labute approximate surface area is 129 Å². The molecular formula is C13H19N3O5S. The van der Waals surface area contributed by atoms with Gasteiger partial charge in [0.1, 0.15) is 5.75 Å². The van der Waals surface area contributed by atoms with E-state index in [4.69, 9.17) is 4.74 Å². The van der Waals surface area contributed by atoms with Gasteiger partial charge in [0, 0.05) is 6.54 Å². The summed E-state index contributed by atoms with van der Waals surface area (Å²) in [5, 5.41) is 14.3. The van der Waals surface area contributed by atoms with Crippen molar-refractivity contribution < 1.29 is 18.1 Å². The number of hydrogen-bond donors (Lipinski definition) is 2. The average Bonchev–Trinajstić information content (AvgIpc) is 2.53. The molecule has 0 radical (unpaired) electrons.